The summed E-state index contributed by atoms with van der Waals surface area (Å²) >= 11 is 13.5. The summed E-state index contributed by atoms with van der Waals surface area (Å²) in [6, 6.07) is 11.6. The van der Waals surface area contributed by atoms with E-state index in [1.807, 2.05) is 42.1 Å². The summed E-state index contributed by atoms with van der Waals surface area (Å²) in [6.07, 6.45) is 1.74. The van der Waals surface area contributed by atoms with E-state index in [0.29, 0.717) is 0 Å². The molecule has 2 rings (SSSR count). The van der Waals surface area contributed by atoms with Crippen LogP contribution in [-0.2, 0) is 11.5 Å². The lowest BCUT2D eigenvalue weighted by Crippen LogP contribution is -1.87. The van der Waals surface area contributed by atoms with Gasteiger partial charge in [0.05, 0.1) is 5.69 Å². The van der Waals surface area contributed by atoms with E-state index in [9.17, 15) is 0 Å². The Bertz CT molecular complexity index is 485. The van der Waals surface area contributed by atoms with Gasteiger partial charge in [-0.25, -0.2) is 0 Å². The Labute approximate surface area is 115 Å². The maximum absolute atomic E-state index is 5.89. The minimum atomic E-state index is 0.738. The molecule has 0 bridgehead atoms. The monoisotopic (exact) mass is 283 g/mol. The van der Waals surface area contributed by atoms with Crippen LogP contribution in [0.25, 0.3) is 0 Å². The Hall–Kier alpha value is -0.700. The van der Waals surface area contributed by atoms with E-state index >= 15 is 0 Å². The van der Waals surface area contributed by atoms with Crippen molar-refractivity contribution in [3.8, 4) is 0 Å². The molecule has 88 valence electrons. The third-order valence-electron chi connectivity index (χ3n) is 2.21. The second kappa shape index (κ2) is 6.29. The predicted octanol–water partition coefficient (Wildman–Crippen LogP) is 4.82. The van der Waals surface area contributed by atoms with Gasteiger partial charge in [0.15, 0.2) is 0 Å². The molecule has 0 saturated heterocycles. The second-order valence-corrected chi connectivity index (χ2v) is 5.44. The maximum Gasteiger partial charge on any atom is 0.0517 e. The first-order chi connectivity index (χ1) is 8.24. The van der Waals surface area contributed by atoms with Crippen LogP contribution in [-0.4, -0.2) is 4.98 Å². The third kappa shape index (κ3) is 4.23. The first-order valence-corrected chi connectivity index (χ1v) is 7.08. The zero-order chi connectivity index (χ0) is 12.1. The number of thioether (sulfide) groups is 1. The van der Waals surface area contributed by atoms with E-state index in [1.54, 1.807) is 12.3 Å². The molecule has 0 spiro atoms. The van der Waals surface area contributed by atoms with Gasteiger partial charge in [-0.2, -0.15) is 11.8 Å². The quantitative estimate of drug-likeness (QED) is 0.798. The van der Waals surface area contributed by atoms with Crippen molar-refractivity contribution in [2.75, 3.05) is 0 Å². The van der Waals surface area contributed by atoms with Gasteiger partial charge in [0.2, 0.25) is 0 Å². The van der Waals surface area contributed by atoms with Gasteiger partial charge in [0.25, 0.3) is 0 Å². The summed E-state index contributed by atoms with van der Waals surface area (Å²) in [6.45, 7) is 0. The van der Waals surface area contributed by atoms with Gasteiger partial charge in [-0.15, -0.1) is 0 Å². The zero-order valence-electron chi connectivity index (χ0n) is 9.07. The molecule has 0 aliphatic rings. The molecule has 0 unspecified atom stereocenters. The lowest BCUT2D eigenvalue weighted by molar-refractivity contribution is 1.17. The van der Waals surface area contributed by atoms with Crippen LogP contribution in [0, 0.1) is 0 Å². The number of nitrogens with zero attached hydrogens (tertiary/aromatic N) is 1. The topological polar surface area (TPSA) is 12.9 Å². The van der Waals surface area contributed by atoms with Crippen LogP contribution in [0.15, 0.2) is 42.6 Å². The van der Waals surface area contributed by atoms with Crippen LogP contribution >= 0.6 is 35.0 Å². The van der Waals surface area contributed by atoms with Crippen molar-refractivity contribution >= 4 is 35.0 Å². The zero-order valence-corrected chi connectivity index (χ0v) is 11.4. The number of halogens is 2. The Balaban J connectivity index is 1.85. The molecule has 0 radical (unpaired) electrons. The minimum Gasteiger partial charge on any atom is -0.260 e. The highest BCUT2D eigenvalue weighted by molar-refractivity contribution is 7.97. The molecule has 0 amide bonds. The molecule has 4 heteroatoms. The van der Waals surface area contributed by atoms with Crippen molar-refractivity contribution in [3.05, 3.63) is 63.9 Å². The first-order valence-electron chi connectivity index (χ1n) is 5.16. The van der Waals surface area contributed by atoms with Crippen molar-refractivity contribution < 1.29 is 0 Å². The normalized spacial score (nSPS) is 10.5. The highest BCUT2D eigenvalue weighted by atomic mass is 35.5. The van der Waals surface area contributed by atoms with Crippen LogP contribution < -0.4 is 0 Å². The molecule has 0 atom stereocenters. The summed E-state index contributed by atoms with van der Waals surface area (Å²) in [4.78, 5) is 4.26. The highest BCUT2D eigenvalue weighted by Gasteiger charge is 1.98. The summed E-state index contributed by atoms with van der Waals surface area (Å²) in [5.74, 6) is 1.81. The van der Waals surface area contributed by atoms with Gasteiger partial charge in [-0.1, -0.05) is 35.3 Å². The van der Waals surface area contributed by atoms with Gasteiger partial charge < -0.3 is 0 Å². The maximum atomic E-state index is 5.89. The Morgan fingerprint density at radius 2 is 1.71 bits per heavy atom. The van der Waals surface area contributed by atoms with Crippen molar-refractivity contribution in [1.82, 2.24) is 4.98 Å². The molecule has 0 aliphatic heterocycles. The van der Waals surface area contributed by atoms with Crippen molar-refractivity contribution in [3.63, 3.8) is 0 Å². The average Bonchev–Trinajstić information content (AvgIpc) is 2.32. The van der Waals surface area contributed by atoms with Gasteiger partial charge >= 0.3 is 0 Å². The molecule has 0 saturated carbocycles. The fourth-order valence-corrected chi connectivity index (χ4v) is 2.59. The summed E-state index contributed by atoms with van der Waals surface area (Å²) in [5.41, 5.74) is 2.28. The Kier molecular flexibility index (Phi) is 4.72. The van der Waals surface area contributed by atoms with E-state index in [1.165, 1.54) is 5.56 Å². The fourth-order valence-electron chi connectivity index (χ4n) is 1.38. The van der Waals surface area contributed by atoms with E-state index < -0.39 is 0 Å². The molecule has 1 aromatic heterocycles. The molecule has 17 heavy (non-hydrogen) atoms. The van der Waals surface area contributed by atoms with E-state index in [-0.39, 0.29) is 0 Å². The Morgan fingerprint density at radius 1 is 0.941 bits per heavy atom. The van der Waals surface area contributed by atoms with Gasteiger partial charge in [-0.3, -0.25) is 4.98 Å². The van der Waals surface area contributed by atoms with Crippen LogP contribution in [0.5, 0.6) is 0 Å². The van der Waals surface area contributed by atoms with Gasteiger partial charge in [0.1, 0.15) is 0 Å². The molecule has 0 N–H and O–H groups in total. The number of aromatic nitrogens is 1. The van der Waals surface area contributed by atoms with Crippen LogP contribution in [0.3, 0.4) is 0 Å². The molecular formula is C13H11Cl2NS. The van der Waals surface area contributed by atoms with E-state index in [4.69, 9.17) is 23.2 Å². The predicted molar refractivity (Wildman–Crippen MR) is 75.7 cm³/mol. The first kappa shape index (κ1) is 12.7. The van der Waals surface area contributed by atoms with Crippen molar-refractivity contribution in [2.24, 2.45) is 0 Å². The van der Waals surface area contributed by atoms with Crippen molar-refractivity contribution in [2.45, 2.75) is 11.5 Å². The van der Waals surface area contributed by atoms with Crippen molar-refractivity contribution in [1.29, 1.82) is 0 Å². The fraction of sp³-hybridized carbons (Fsp3) is 0.154. The van der Waals surface area contributed by atoms with Gasteiger partial charge in [0, 0.05) is 27.7 Å². The molecule has 0 aliphatic carbocycles. The van der Waals surface area contributed by atoms with Crippen LogP contribution in [0.4, 0.5) is 0 Å². The SMILES string of the molecule is Clc1ccc(CSCc2cc(Cl)ccn2)cc1. The molecule has 2 aromatic rings. The molecule has 1 aromatic carbocycles. The van der Waals surface area contributed by atoms with Gasteiger partial charge in [-0.05, 0) is 29.8 Å². The average molecular weight is 284 g/mol. The number of benzene rings is 1. The smallest absolute Gasteiger partial charge is 0.0517 e. The summed E-state index contributed by atoms with van der Waals surface area (Å²) < 4.78 is 0. The lowest BCUT2D eigenvalue weighted by atomic mass is 10.2. The summed E-state index contributed by atoms with van der Waals surface area (Å²) in [5, 5.41) is 1.51. The molecule has 1 nitrogen and oxygen atoms in total. The molecular weight excluding hydrogens is 273 g/mol. The van der Waals surface area contributed by atoms with E-state index in [0.717, 1.165) is 27.2 Å². The minimum absolute atomic E-state index is 0.738. The number of pyridine rings is 1. The van der Waals surface area contributed by atoms with Crippen LogP contribution in [0.1, 0.15) is 11.3 Å². The second-order valence-electron chi connectivity index (χ2n) is 3.58. The highest BCUT2D eigenvalue weighted by Crippen LogP contribution is 2.19. The lowest BCUT2D eigenvalue weighted by Gasteiger charge is -2.02. The number of rotatable bonds is 4. The standard InChI is InChI=1S/C13H11Cl2NS/c14-11-3-1-10(2-4-11)8-17-9-13-7-12(15)5-6-16-13/h1-7H,8-9H2. The third-order valence-corrected chi connectivity index (χ3v) is 3.73. The largest absolute Gasteiger partial charge is 0.260 e. The number of hydrogen-bond acceptors (Lipinski definition) is 2. The van der Waals surface area contributed by atoms with Crippen LogP contribution in [0.2, 0.25) is 10.0 Å². The Morgan fingerprint density at radius 3 is 2.41 bits per heavy atom. The molecule has 0 fully saturated rings. The van der Waals surface area contributed by atoms with E-state index in [2.05, 4.69) is 4.98 Å². The summed E-state index contributed by atoms with van der Waals surface area (Å²) in [7, 11) is 0. The molecule has 1 heterocycles. The number of hydrogen-bond donors (Lipinski definition) is 0.